The minimum absolute atomic E-state index is 0.0373. The Morgan fingerprint density at radius 1 is 1.26 bits per heavy atom. The van der Waals surface area contributed by atoms with Crippen molar-refractivity contribution < 1.29 is 9.84 Å². The maximum atomic E-state index is 10.5. The average Bonchev–Trinajstić information content (AvgIpc) is 3.01. The Kier molecular flexibility index (Phi) is 4.16. The molecule has 1 heterocycles. The molecular formula is C16H29NO2. The molecule has 3 heteroatoms. The molecule has 2 aliphatic carbocycles. The van der Waals surface area contributed by atoms with Crippen LogP contribution < -0.4 is 0 Å². The van der Waals surface area contributed by atoms with Gasteiger partial charge in [0, 0.05) is 19.1 Å². The normalized spacial score (nSPS) is 41.1. The molecule has 0 aromatic rings. The van der Waals surface area contributed by atoms with Crippen molar-refractivity contribution in [3.05, 3.63) is 0 Å². The molecular weight excluding hydrogens is 238 g/mol. The largest absolute Gasteiger partial charge is 0.390 e. The quantitative estimate of drug-likeness (QED) is 0.848. The molecule has 110 valence electrons. The maximum absolute atomic E-state index is 10.5. The van der Waals surface area contributed by atoms with Crippen molar-refractivity contribution in [2.45, 2.75) is 64.2 Å². The smallest absolute Gasteiger partial charge is 0.0961 e. The highest BCUT2D eigenvalue weighted by Crippen LogP contribution is 2.50. The van der Waals surface area contributed by atoms with E-state index in [-0.39, 0.29) is 12.2 Å². The average molecular weight is 267 g/mol. The third-order valence-electron chi connectivity index (χ3n) is 5.71. The zero-order valence-corrected chi connectivity index (χ0v) is 12.4. The SMILES string of the molecule is CC(C)N1CCOC(C(O)CC2CC3CCC2C3)C1. The van der Waals surface area contributed by atoms with Gasteiger partial charge in [0.2, 0.25) is 0 Å². The zero-order chi connectivity index (χ0) is 13.4. The van der Waals surface area contributed by atoms with Crippen molar-refractivity contribution in [2.75, 3.05) is 19.7 Å². The van der Waals surface area contributed by atoms with Gasteiger partial charge in [0.25, 0.3) is 0 Å². The van der Waals surface area contributed by atoms with Crippen LogP contribution in [-0.4, -0.2) is 48.0 Å². The highest BCUT2D eigenvalue weighted by molar-refractivity contribution is 4.92. The van der Waals surface area contributed by atoms with Crippen molar-refractivity contribution in [3.63, 3.8) is 0 Å². The lowest BCUT2D eigenvalue weighted by atomic mass is 9.84. The number of aliphatic hydroxyl groups excluding tert-OH is 1. The fourth-order valence-electron chi connectivity index (χ4n) is 4.53. The summed E-state index contributed by atoms with van der Waals surface area (Å²) in [5.74, 6) is 2.65. The van der Waals surface area contributed by atoms with Crippen molar-refractivity contribution in [2.24, 2.45) is 17.8 Å². The van der Waals surface area contributed by atoms with Gasteiger partial charge in [-0.05, 0) is 57.3 Å². The highest BCUT2D eigenvalue weighted by atomic mass is 16.5. The Balaban J connectivity index is 1.51. The van der Waals surface area contributed by atoms with E-state index in [9.17, 15) is 5.11 Å². The van der Waals surface area contributed by atoms with Gasteiger partial charge < -0.3 is 9.84 Å². The monoisotopic (exact) mass is 267 g/mol. The molecule has 2 saturated carbocycles. The van der Waals surface area contributed by atoms with Crippen LogP contribution in [0.5, 0.6) is 0 Å². The predicted octanol–water partition coefficient (Wildman–Crippen LogP) is 2.28. The summed E-state index contributed by atoms with van der Waals surface area (Å²) in [5.41, 5.74) is 0. The Morgan fingerprint density at radius 2 is 2.11 bits per heavy atom. The van der Waals surface area contributed by atoms with Crippen LogP contribution in [-0.2, 0) is 4.74 Å². The fourth-order valence-corrected chi connectivity index (χ4v) is 4.53. The molecule has 2 bridgehead atoms. The first kappa shape index (κ1) is 13.8. The molecule has 5 unspecified atom stereocenters. The molecule has 0 radical (unpaired) electrons. The summed E-state index contributed by atoms with van der Waals surface area (Å²) in [6, 6.07) is 0.557. The van der Waals surface area contributed by atoms with E-state index >= 15 is 0 Å². The van der Waals surface area contributed by atoms with Gasteiger partial charge in [-0.15, -0.1) is 0 Å². The first-order valence-electron chi connectivity index (χ1n) is 8.17. The van der Waals surface area contributed by atoms with Gasteiger partial charge in [-0.3, -0.25) is 4.90 Å². The van der Waals surface area contributed by atoms with Gasteiger partial charge >= 0.3 is 0 Å². The summed E-state index contributed by atoms with van der Waals surface area (Å²) in [7, 11) is 0. The number of fused-ring (bicyclic) bond motifs is 2. The van der Waals surface area contributed by atoms with E-state index in [4.69, 9.17) is 4.74 Å². The molecule has 1 N–H and O–H groups in total. The van der Waals surface area contributed by atoms with E-state index in [1.807, 2.05) is 0 Å². The summed E-state index contributed by atoms with van der Waals surface area (Å²) in [4.78, 5) is 2.43. The molecule has 5 atom stereocenters. The second-order valence-electron chi connectivity index (χ2n) is 7.24. The number of aliphatic hydroxyl groups is 1. The topological polar surface area (TPSA) is 32.7 Å². The van der Waals surface area contributed by atoms with Crippen LogP contribution >= 0.6 is 0 Å². The second-order valence-corrected chi connectivity index (χ2v) is 7.24. The predicted molar refractivity (Wildman–Crippen MR) is 76.0 cm³/mol. The summed E-state index contributed by atoms with van der Waals surface area (Å²) < 4.78 is 5.82. The number of nitrogens with zero attached hydrogens (tertiary/aromatic N) is 1. The van der Waals surface area contributed by atoms with E-state index in [1.54, 1.807) is 0 Å². The Labute approximate surface area is 117 Å². The Hall–Kier alpha value is -0.120. The van der Waals surface area contributed by atoms with Crippen molar-refractivity contribution in [1.29, 1.82) is 0 Å². The lowest BCUT2D eigenvalue weighted by Crippen LogP contribution is -2.50. The fraction of sp³-hybridized carbons (Fsp3) is 1.00. The molecule has 3 aliphatic rings. The summed E-state index contributed by atoms with van der Waals surface area (Å²) in [6.45, 7) is 7.14. The molecule has 0 spiro atoms. The minimum atomic E-state index is -0.258. The van der Waals surface area contributed by atoms with E-state index in [1.165, 1.54) is 25.7 Å². The van der Waals surface area contributed by atoms with E-state index in [0.717, 1.165) is 43.9 Å². The molecule has 0 amide bonds. The standard InChI is InChI=1S/C16H29NO2/c1-11(2)17-5-6-19-16(10-17)15(18)9-14-8-12-3-4-13(14)7-12/h11-16,18H,3-10H2,1-2H3. The molecule has 3 nitrogen and oxygen atoms in total. The molecule has 19 heavy (non-hydrogen) atoms. The second kappa shape index (κ2) is 5.71. The maximum Gasteiger partial charge on any atom is 0.0961 e. The molecule has 3 fully saturated rings. The first-order chi connectivity index (χ1) is 9.13. The lowest BCUT2D eigenvalue weighted by Gasteiger charge is -2.38. The summed E-state index contributed by atoms with van der Waals surface area (Å²) in [5, 5.41) is 10.5. The van der Waals surface area contributed by atoms with Crippen molar-refractivity contribution in [1.82, 2.24) is 4.90 Å². The zero-order valence-electron chi connectivity index (χ0n) is 12.4. The van der Waals surface area contributed by atoms with E-state index < -0.39 is 0 Å². The van der Waals surface area contributed by atoms with Gasteiger partial charge in [0.05, 0.1) is 18.8 Å². The first-order valence-corrected chi connectivity index (χ1v) is 8.17. The van der Waals surface area contributed by atoms with Gasteiger partial charge in [-0.2, -0.15) is 0 Å². The molecule has 3 rings (SSSR count). The third-order valence-corrected chi connectivity index (χ3v) is 5.71. The van der Waals surface area contributed by atoms with Gasteiger partial charge in [-0.25, -0.2) is 0 Å². The van der Waals surface area contributed by atoms with Gasteiger partial charge in [-0.1, -0.05) is 6.42 Å². The highest BCUT2D eigenvalue weighted by Gasteiger charge is 2.41. The van der Waals surface area contributed by atoms with E-state index in [0.29, 0.717) is 6.04 Å². The van der Waals surface area contributed by atoms with Crippen LogP contribution in [0.2, 0.25) is 0 Å². The number of hydrogen-bond donors (Lipinski definition) is 1. The van der Waals surface area contributed by atoms with Crippen LogP contribution in [0.1, 0.15) is 46.0 Å². The molecule has 0 aromatic carbocycles. The van der Waals surface area contributed by atoms with Crippen LogP contribution in [0.3, 0.4) is 0 Å². The van der Waals surface area contributed by atoms with Crippen LogP contribution in [0, 0.1) is 17.8 Å². The third kappa shape index (κ3) is 2.98. The molecule has 1 aliphatic heterocycles. The number of ether oxygens (including phenoxy) is 1. The van der Waals surface area contributed by atoms with Crippen molar-refractivity contribution in [3.8, 4) is 0 Å². The summed E-state index contributed by atoms with van der Waals surface area (Å²) >= 11 is 0. The van der Waals surface area contributed by atoms with Crippen LogP contribution in [0.25, 0.3) is 0 Å². The summed E-state index contributed by atoms with van der Waals surface area (Å²) in [6.07, 6.45) is 6.40. The van der Waals surface area contributed by atoms with Crippen molar-refractivity contribution >= 4 is 0 Å². The number of rotatable bonds is 4. The number of hydrogen-bond acceptors (Lipinski definition) is 3. The van der Waals surface area contributed by atoms with Crippen LogP contribution in [0.4, 0.5) is 0 Å². The van der Waals surface area contributed by atoms with E-state index in [2.05, 4.69) is 18.7 Å². The molecule has 0 aromatic heterocycles. The molecule has 1 saturated heterocycles. The lowest BCUT2D eigenvalue weighted by molar-refractivity contribution is -0.101. The van der Waals surface area contributed by atoms with Gasteiger partial charge in [0.15, 0.2) is 0 Å². The number of morpholine rings is 1. The minimum Gasteiger partial charge on any atom is -0.390 e. The Bertz CT molecular complexity index is 307. The van der Waals surface area contributed by atoms with Crippen LogP contribution in [0.15, 0.2) is 0 Å². The van der Waals surface area contributed by atoms with Gasteiger partial charge in [0.1, 0.15) is 0 Å². The Morgan fingerprint density at radius 3 is 2.74 bits per heavy atom.